The van der Waals surface area contributed by atoms with E-state index in [2.05, 4.69) is 48.5 Å². The van der Waals surface area contributed by atoms with Gasteiger partial charge in [-0.2, -0.15) is 0 Å². The van der Waals surface area contributed by atoms with E-state index in [-0.39, 0.29) is 13.7 Å². The molecule has 180 valence electrons. The van der Waals surface area contributed by atoms with Gasteiger partial charge in [-0.15, -0.1) is 0 Å². The van der Waals surface area contributed by atoms with Gasteiger partial charge in [0.25, 0.3) is 0 Å². The molecule has 1 aliphatic heterocycles. The highest BCUT2D eigenvalue weighted by molar-refractivity contribution is 7.25. The summed E-state index contributed by atoms with van der Waals surface area (Å²) in [6.45, 7) is 16.7. The minimum Gasteiger partial charge on any atom is -0.314 e. The van der Waals surface area contributed by atoms with E-state index in [1.54, 1.807) is 0 Å². The Morgan fingerprint density at radius 1 is 0.667 bits per heavy atom. The molecule has 0 radical (unpaired) electrons. The number of hydrogen-bond acceptors (Lipinski definition) is 5. The first-order valence-corrected chi connectivity index (χ1v) is 13.7. The van der Waals surface area contributed by atoms with Crippen LogP contribution in [0.5, 0.6) is 0 Å². The molecule has 1 aliphatic rings. The van der Waals surface area contributed by atoms with Crippen LogP contribution in [0.4, 0.5) is 0 Å². The van der Waals surface area contributed by atoms with Gasteiger partial charge in [-0.05, 0) is 12.8 Å². The van der Waals surface area contributed by atoms with Crippen molar-refractivity contribution in [3.8, 4) is 0 Å². The summed E-state index contributed by atoms with van der Waals surface area (Å²) in [5, 5.41) is 10.1. The molecule has 0 aromatic rings. The number of nitrogens with one attached hydrogen (secondary N) is 3. The summed E-state index contributed by atoms with van der Waals surface area (Å²) in [6.07, 6.45) is 14.5. The second kappa shape index (κ2) is 22.1. The maximum Gasteiger partial charge on any atom is 0.177 e. The molecular formula is C24H53N4OP. The first-order valence-electron chi connectivity index (χ1n) is 12.9. The molecule has 0 bridgehead atoms. The Morgan fingerprint density at radius 3 is 1.47 bits per heavy atom. The van der Waals surface area contributed by atoms with E-state index in [0.717, 1.165) is 71.6 Å². The van der Waals surface area contributed by atoms with Gasteiger partial charge < -0.3 is 16.0 Å². The van der Waals surface area contributed by atoms with Gasteiger partial charge in [0.2, 0.25) is 0 Å². The molecule has 0 aromatic carbocycles. The van der Waals surface area contributed by atoms with Gasteiger partial charge in [-0.3, -0.25) is 9.46 Å². The van der Waals surface area contributed by atoms with Crippen molar-refractivity contribution in [2.75, 3.05) is 52.4 Å². The number of hydrogen-bond donors (Lipinski definition) is 3. The summed E-state index contributed by atoms with van der Waals surface area (Å²) < 4.78 is 11.8. The lowest BCUT2D eigenvalue weighted by Gasteiger charge is -2.39. The third-order valence-corrected chi connectivity index (χ3v) is 7.17. The molecular weight excluding hydrogens is 391 g/mol. The van der Waals surface area contributed by atoms with Crippen molar-refractivity contribution in [1.29, 1.82) is 0 Å². The van der Waals surface area contributed by atoms with Crippen LogP contribution in [0.25, 0.3) is 0 Å². The predicted molar refractivity (Wildman–Crippen MR) is 134 cm³/mol. The molecule has 0 spiro atoms. The highest BCUT2D eigenvalue weighted by Crippen LogP contribution is 2.35. The minimum absolute atomic E-state index is 0.180. The molecule has 0 aliphatic carbocycles. The number of rotatable bonds is 12. The SMILES string of the molecule is CCCC(CC)(P=O)N1CCNCCNCCNCC1.CCCCCCCCCC. The van der Waals surface area contributed by atoms with Crippen LogP contribution in [0, 0.1) is 0 Å². The molecule has 1 atom stereocenters. The molecule has 1 unspecified atom stereocenters. The van der Waals surface area contributed by atoms with Gasteiger partial charge in [-0.25, -0.2) is 0 Å². The zero-order valence-electron chi connectivity index (χ0n) is 20.7. The molecule has 0 amide bonds. The first-order chi connectivity index (χ1) is 14.7. The highest BCUT2D eigenvalue weighted by Gasteiger charge is 2.34. The maximum absolute atomic E-state index is 11.8. The Bertz CT molecular complexity index is 353. The van der Waals surface area contributed by atoms with Crippen molar-refractivity contribution in [2.24, 2.45) is 0 Å². The molecule has 0 aromatic heterocycles. The summed E-state index contributed by atoms with van der Waals surface area (Å²) >= 11 is 0. The Kier molecular flexibility index (Phi) is 22.1. The van der Waals surface area contributed by atoms with Crippen LogP contribution in [-0.2, 0) is 4.57 Å². The summed E-state index contributed by atoms with van der Waals surface area (Å²) in [7, 11) is 0.273. The van der Waals surface area contributed by atoms with Crippen LogP contribution in [-0.4, -0.2) is 62.5 Å². The molecule has 5 nitrogen and oxygen atoms in total. The Morgan fingerprint density at radius 2 is 1.10 bits per heavy atom. The third-order valence-electron chi connectivity index (χ3n) is 6.01. The van der Waals surface area contributed by atoms with Gasteiger partial charge in [0, 0.05) is 52.4 Å². The fourth-order valence-electron chi connectivity index (χ4n) is 4.02. The maximum atomic E-state index is 11.8. The fourth-order valence-corrected chi connectivity index (χ4v) is 4.78. The molecule has 3 N–H and O–H groups in total. The summed E-state index contributed by atoms with van der Waals surface area (Å²) in [5.41, 5.74) is 0. The average molecular weight is 445 g/mol. The smallest absolute Gasteiger partial charge is 0.177 e. The van der Waals surface area contributed by atoms with Crippen molar-refractivity contribution >= 4 is 8.46 Å². The Labute approximate surface area is 190 Å². The molecule has 1 saturated heterocycles. The largest absolute Gasteiger partial charge is 0.314 e. The second-order valence-corrected chi connectivity index (χ2v) is 9.55. The van der Waals surface area contributed by atoms with Gasteiger partial charge in [0.15, 0.2) is 8.46 Å². The van der Waals surface area contributed by atoms with E-state index in [4.69, 9.17) is 0 Å². The van der Waals surface area contributed by atoms with Gasteiger partial charge >= 0.3 is 0 Å². The quantitative estimate of drug-likeness (QED) is 0.277. The third kappa shape index (κ3) is 14.9. The van der Waals surface area contributed by atoms with E-state index in [9.17, 15) is 4.57 Å². The van der Waals surface area contributed by atoms with Crippen LogP contribution >= 0.6 is 8.46 Å². The number of unbranched alkanes of at least 4 members (excludes halogenated alkanes) is 7. The monoisotopic (exact) mass is 444 g/mol. The normalized spacial score (nSPS) is 19.2. The molecule has 1 heterocycles. The van der Waals surface area contributed by atoms with Crippen LogP contribution in [0.15, 0.2) is 0 Å². The topological polar surface area (TPSA) is 56.4 Å². The summed E-state index contributed by atoms with van der Waals surface area (Å²) in [4.78, 5) is 2.42. The van der Waals surface area contributed by atoms with Gasteiger partial charge in [0.1, 0.15) is 5.28 Å². The van der Waals surface area contributed by atoms with Crippen molar-refractivity contribution in [1.82, 2.24) is 20.9 Å². The molecule has 0 saturated carbocycles. The van der Waals surface area contributed by atoms with Crippen molar-refractivity contribution in [3.63, 3.8) is 0 Å². The molecule has 6 heteroatoms. The lowest BCUT2D eigenvalue weighted by Crippen LogP contribution is -2.50. The summed E-state index contributed by atoms with van der Waals surface area (Å²) in [5.74, 6) is 0. The van der Waals surface area contributed by atoms with Crippen molar-refractivity contribution in [3.05, 3.63) is 0 Å². The molecule has 1 fully saturated rings. The second-order valence-electron chi connectivity index (χ2n) is 8.54. The van der Waals surface area contributed by atoms with E-state index in [0.29, 0.717) is 0 Å². The van der Waals surface area contributed by atoms with Crippen LogP contribution in [0.3, 0.4) is 0 Å². The average Bonchev–Trinajstić information content (AvgIpc) is 2.76. The fraction of sp³-hybridized carbons (Fsp3) is 1.00. The standard InChI is InChI=1S/C14H31N4OP.C10H22/c1-3-5-14(4-2,20-19)18-12-10-16-8-6-15-7-9-17-11-13-18;1-3-5-7-9-10-8-6-4-2/h15-17H,3-13H2,1-2H3;3-10H2,1-2H3. The van der Waals surface area contributed by atoms with Gasteiger partial charge in [-0.1, -0.05) is 85.5 Å². The van der Waals surface area contributed by atoms with Crippen LogP contribution in [0.1, 0.15) is 98.3 Å². The zero-order valence-corrected chi connectivity index (χ0v) is 21.6. The molecule has 30 heavy (non-hydrogen) atoms. The highest BCUT2D eigenvalue weighted by atomic mass is 31.1. The zero-order chi connectivity index (χ0) is 22.3. The Hall–Kier alpha value is -0.0600. The van der Waals surface area contributed by atoms with E-state index >= 15 is 0 Å². The van der Waals surface area contributed by atoms with Crippen LogP contribution < -0.4 is 16.0 Å². The lowest BCUT2D eigenvalue weighted by atomic mass is 10.1. The lowest BCUT2D eigenvalue weighted by molar-refractivity contribution is 0.147. The molecule has 1 rings (SSSR count). The number of nitrogens with zero attached hydrogens (tertiary/aromatic N) is 1. The van der Waals surface area contributed by atoms with Crippen molar-refractivity contribution < 1.29 is 4.57 Å². The first kappa shape index (κ1) is 29.9. The van der Waals surface area contributed by atoms with Crippen LogP contribution in [0.2, 0.25) is 0 Å². The Balaban J connectivity index is 0.000000710. The van der Waals surface area contributed by atoms with Gasteiger partial charge in [0.05, 0.1) is 0 Å². The van der Waals surface area contributed by atoms with E-state index in [1.807, 2.05) is 0 Å². The predicted octanol–water partition coefficient (Wildman–Crippen LogP) is 5.42. The van der Waals surface area contributed by atoms with E-state index in [1.165, 1.54) is 51.4 Å². The minimum atomic E-state index is -0.180. The summed E-state index contributed by atoms with van der Waals surface area (Å²) in [6, 6.07) is 0. The van der Waals surface area contributed by atoms with Crippen molar-refractivity contribution in [2.45, 2.75) is 104 Å². The van der Waals surface area contributed by atoms with E-state index < -0.39 is 0 Å².